The zero-order valence-electron chi connectivity index (χ0n) is 14.0. The number of aromatic nitrogens is 4. The molecule has 0 radical (unpaired) electrons. The summed E-state index contributed by atoms with van der Waals surface area (Å²) < 4.78 is 13.4. The highest BCUT2D eigenvalue weighted by Gasteiger charge is 2.24. The molecule has 6 nitrogen and oxygen atoms in total. The predicted octanol–water partition coefficient (Wildman–Crippen LogP) is 0.907. The second-order valence-corrected chi connectivity index (χ2v) is 5.50. The third kappa shape index (κ3) is 3.55. The first-order valence-corrected chi connectivity index (χ1v) is 7.85. The van der Waals surface area contributed by atoms with E-state index in [9.17, 15) is 4.79 Å². The number of ether oxygens (including phenoxy) is 1. The maximum absolute atomic E-state index is 12.3. The molecule has 22 heavy (non-hydrogen) atoms. The maximum atomic E-state index is 12.3. The van der Waals surface area contributed by atoms with E-state index in [1.54, 1.807) is 0 Å². The SMILES string of the molecule is CCCCn1cc[n+](C)c1CC(=O)Oc1n(CC)cc[n+]1C. The fraction of sp³-hybridized carbons (Fsp3) is 0.562. The molecule has 0 saturated carbocycles. The van der Waals surface area contributed by atoms with Crippen molar-refractivity contribution in [2.45, 2.75) is 46.2 Å². The highest BCUT2D eigenvalue weighted by atomic mass is 16.6. The Balaban J connectivity index is 2.09. The van der Waals surface area contributed by atoms with Crippen molar-refractivity contribution < 1.29 is 18.7 Å². The van der Waals surface area contributed by atoms with Gasteiger partial charge in [0.2, 0.25) is 0 Å². The molecule has 2 heterocycles. The largest absolute Gasteiger partial charge is 0.463 e. The van der Waals surface area contributed by atoms with E-state index in [1.165, 1.54) is 0 Å². The average molecular weight is 306 g/mol. The quantitative estimate of drug-likeness (QED) is 0.564. The molecule has 0 aliphatic rings. The third-order valence-electron chi connectivity index (χ3n) is 3.83. The lowest BCUT2D eigenvalue weighted by atomic mass is 10.3. The fourth-order valence-electron chi connectivity index (χ4n) is 2.46. The van der Waals surface area contributed by atoms with Gasteiger partial charge in [0, 0.05) is 0 Å². The van der Waals surface area contributed by atoms with Crippen LogP contribution in [0.4, 0.5) is 0 Å². The molecule has 6 heteroatoms. The van der Waals surface area contributed by atoms with Crippen LogP contribution in [0.25, 0.3) is 0 Å². The third-order valence-corrected chi connectivity index (χ3v) is 3.83. The van der Waals surface area contributed by atoms with Crippen molar-refractivity contribution in [1.29, 1.82) is 0 Å². The standard InChI is InChI=1S/C16H26N4O2/c1-5-7-8-20-12-9-17(3)14(20)13-15(21)22-16-18(4)10-11-19(16)6-2/h9-12H,5-8,13H2,1-4H3/q+2. The number of carbonyl (C=O) groups is 1. The Morgan fingerprint density at radius 2 is 1.82 bits per heavy atom. The number of hydrogen-bond acceptors (Lipinski definition) is 2. The Morgan fingerprint density at radius 1 is 1.14 bits per heavy atom. The molecule has 2 aromatic rings. The number of hydrogen-bond donors (Lipinski definition) is 0. The summed E-state index contributed by atoms with van der Waals surface area (Å²) in [4.78, 5) is 12.3. The normalized spacial score (nSPS) is 10.9. The van der Waals surface area contributed by atoms with Crippen molar-refractivity contribution in [2.24, 2.45) is 14.1 Å². The summed E-state index contributed by atoms with van der Waals surface area (Å²) in [5, 5.41) is 0. The van der Waals surface area contributed by atoms with Crippen LogP contribution >= 0.6 is 0 Å². The molecule has 0 bridgehead atoms. The maximum Gasteiger partial charge on any atom is 0.463 e. The number of nitrogens with zero attached hydrogens (tertiary/aromatic N) is 4. The molecule has 0 spiro atoms. The minimum absolute atomic E-state index is 0.240. The van der Waals surface area contributed by atoms with E-state index in [4.69, 9.17) is 4.74 Å². The van der Waals surface area contributed by atoms with Gasteiger partial charge in [-0.3, -0.25) is 4.79 Å². The van der Waals surface area contributed by atoms with Crippen LogP contribution in [0.3, 0.4) is 0 Å². The molecule has 120 valence electrons. The van der Waals surface area contributed by atoms with Gasteiger partial charge in [0.1, 0.15) is 31.2 Å². The first kappa shape index (κ1) is 16.3. The molecule has 2 aromatic heterocycles. The van der Waals surface area contributed by atoms with E-state index in [0.717, 1.165) is 31.8 Å². The topological polar surface area (TPSA) is 43.9 Å². The van der Waals surface area contributed by atoms with Gasteiger partial charge < -0.3 is 4.74 Å². The Bertz CT molecular complexity index is 643. The Kier molecular flexibility index (Phi) is 5.35. The smallest absolute Gasteiger partial charge is 0.356 e. The van der Waals surface area contributed by atoms with E-state index >= 15 is 0 Å². The summed E-state index contributed by atoms with van der Waals surface area (Å²) in [7, 11) is 3.83. The van der Waals surface area contributed by atoms with Crippen LogP contribution in [0, 0.1) is 0 Å². The Labute approximate surface area is 131 Å². The molecule has 0 aliphatic heterocycles. The number of unbranched alkanes of at least 4 members (excludes halogenated alkanes) is 1. The highest BCUT2D eigenvalue weighted by Crippen LogP contribution is 2.07. The summed E-state index contributed by atoms with van der Waals surface area (Å²) >= 11 is 0. The number of imidazole rings is 2. The van der Waals surface area contributed by atoms with Crippen molar-refractivity contribution in [1.82, 2.24) is 9.13 Å². The summed E-state index contributed by atoms with van der Waals surface area (Å²) in [5.41, 5.74) is 0. The van der Waals surface area contributed by atoms with Crippen LogP contribution in [0.5, 0.6) is 6.01 Å². The fourth-order valence-corrected chi connectivity index (χ4v) is 2.46. The number of rotatable bonds is 7. The van der Waals surface area contributed by atoms with E-state index in [-0.39, 0.29) is 12.4 Å². The van der Waals surface area contributed by atoms with Crippen molar-refractivity contribution >= 4 is 5.97 Å². The van der Waals surface area contributed by atoms with Crippen molar-refractivity contribution in [3.05, 3.63) is 30.6 Å². The lowest BCUT2D eigenvalue weighted by Gasteiger charge is -2.03. The molecule has 0 aliphatic carbocycles. The molecular weight excluding hydrogens is 280 g/mol. The van der Waals surface area contributed by atoms with Gasteiger partial charge in [0.05, 0.1) is 27.2 Å². The molecule has 0 amide bonds. The number of carbonyl (C=O) groups excluding carboxylic acids is 1. The second kappa shape index (κ2) is 7.24. The zero-order valence-corrected chi connectivity index (χ0v) is 14.0. The molecule has 0 N–H and O–H groups in total. The van der Waals surface area contributed by atoms with Gasteiger partial charge in [-0.05, 0) is 13.3 Å². The molecule has 0 fully saturated rings. The molecule has 0 saturated heterocycles. The van der Waals surface area contributed by atoms with Gasteiger partial charge in [-0.1, -0.05) is 13.3 Å². The summed E-state index contributed by atoms with van der Waals surface area (Å²) in [6.07, 6.45) is 10.3. The Morgan fingerprint density at radius 3 is 2.50 bits per heavy atom. The van der Waals surface area contributed by atoms with Crippen LogP contribution < -0.4 is 13.9 Å². The Hall–Kier alpha value is -2.11. The van der Waals surface area contributed by atoms with Crippen molar-refractivity contribution in [3.63, 3.8) is 0 Å². The van der Waals surface area contributed by atoms with E-state index < -0.39 is 0 Å². The monoisotopic (exact) mass is 306 g/mol. The molecule has 0 unspecified atom stereocenters. The predicted molar refractivity (Wildman–Crippen MR) is 81.1 cm³/mol. The van der Waals surface area contributed by atoms with Gasteiger partial charge in [0.25, 0.3) is 5.82 Å². The van der Waals surface area contributed by atoms with Crippen LogP contribution in [0.1, 0.15) is 32.5 Å². The van der Waals surface area contributed by atoms with Crippen molar-refractivity contribution in [3.8, 4) is 6.01 Å². The molecule has 0 atom stereocenters. The van der Waals surface area contributed by atoms with E-state index in [2.05, 4.69) is 11.5 Å². The lowest BCUT2D eigenvalue weighted by molar-refractivity contribution is -0.678. The molecule has 2 rings (SSSR count). The van der Waals surface area contributed by atoms with Gasteiger partial charge >= 0.3 is 12.0 Å². The van der Waals surface area contributed by atoms with Gasteiger partial charge in [-0.25, -0.2) is 9.13 Å². The van der Waals surface area contributed by atoms with Crippen LogP contribution in [-0.4, -0.2) is 15.1 Å². The number of esters is 1. The van der Waals surface area contributed by atoms with Gasteiger partial charge in [-0.2, -0.15) is 9.13 Å². The van der Waals surface area contributed by atoms with Gasteiger partial charge in [0.15, 0.2) is 0 Å². The second-order valence-electron chi connectivity index (χ2n) is 5.50. The summed E-state index contributed by atoms with van der Waals surface area (Å²) in [5.74, 6) is 0.728. The lowest BCUT2D eigenvalue weighted by Crippen LogP contribution is -2.36. The minimum atomic E-state index is -0.240. The first-order chi connectivity index (χ1) is 10.6. The minimum Gasteiger partial charge on any atom is -0.356 e. The zero-order chi connectivity index (χ0) is 16.1. The van der Waals surface area contributed by atoms with E-state index in [0.29, 0.717) is 6.01 Å². The number of aryl methyl sites for hydroxylation is 4. The molecule has 0 aromatic carbocycles. The van der Waals surface area contributed by atoms with Crippen LogP contribution in [-0.2, 0) is 38.4 Å². The van der Waals surface area contributed by atoms with E-state index in [1.807, 2.05) is 59.5 Å². The summed E-state index contributed by atoms with van der Waals surface area (Å²) in [6.45, 7) is 5.88. The summed E-state index contributed by atoms with van der Waals surface area (Å²) in [6, 6.07) is 0.571. The van der Waals surface area contributed by atoms with Crippen LogP contribution in [0.2, 0.25) is 0 Å². The first-order valence-electron chi connectivity index (χ1n) is 7.85. The van der Waals surface area contributed by atoms with Crippen molar-refractivity contribution in [2.75, 3.05) is 0 Å². The highest BCUT2D eigenvalue weighted by molar-refractivity contribution is 5.73. The van der Waals surface area contributed by atoms with Gasteiger partial charge in [-0.15, -0.1) is 0 Å². The average Bonchev–Trinajstić information content (AvgIpc) is 3.02. The van der Waals surface area contributed by atoms with Crippen LogP contribution in [0.15, 0.2) is 24.8 Å². The molecular formula is C16H26N4O2+2.